The molecular weight excluding hydrogens is 328 g/mol. The second kappa shape index (κ2) is 5.67. The molecule has 0 heterocycles. The molecule has 0 bridgehead atoms. The molecule has 4 aliphatic rings. The minimum Gasteiger partial charge on any atom is -0.480 e. The maximum atomic E-state index is 12.5. The lowest BCUT2D eigenvalue weighted by Gasteiger charge is -2.58. The van der Waals surface area contributed by atoms with Crippen LogP contribution in [0.5, 0.6) is 0 Å². The van der Waals surface area contributed by atoms with Gasteiger partial charge in [0.05, 0.1) is 6.10 Å². The summed E-state index contributed by atoms with van der Waals surface area (Å²) in [5.41, 5.74) is -0.0539. The molecule has 7 atom stereocenters. The molecule has 0 aromatic carbocycles. The molecule has 0 aliphatic heterocycles. The van der Waals surface area contributed by atoms with E-state index in [-0.39, 0.29) is 17.3 Å². The van der Waals surface area contributed by atoms with E-state index < -0.39 is 16.8 Å². The number of carboxylic acids is 1. The van der Waals surface area contributed by atoms with Crippen molar-refractivity contribution in [3.63, 3.8) is 0 Å². The number of Topliss-reactive ketones (excluding diaryl/α,β-unsaturated/α-hetero) is 1. The van der Waals surface area contributed by atoms with Crippen molar-refractivity contribution >= 4 is 11.8 Å². The van der Waals surface area contributed by atoms with Crippen LogP contribution in [0.15, 0.2) is 11.6 Å². The van der Waals surface area contributed by atoms with Crippen molar-refractivity contribution in [3.8, 4) is 0 Å². The summed E-state index contributed by atoms with van der Waals surface area (Å²) >= 11 is 0. The van der Waals surface area contributed by atoms with Crippen molar-refractivity contribution in [2.45, 2.75) is 78.2 Å². The second-order valence-corrected chi connectivity index (χ2v) is 9.92. The zero-order chi connectivity index (χ0) is 18.9. The highest BCUT2D eigenvalue weighted by atomic mass is 16.4. The number of carbonyl (C=O) groups is 2. The van der Waals surface area contributed by atoms with Crippen LogP contribution in [0, 0.1) is 34.0 Å². The number of fused-ring (bicyclic) bond motifs is 5. The van der Waals surface area contributed by atoms with E-state index in [1.807, 2.05) is 0 Å². The van der Waals surface area contributed by atoms with Gasteiger partial charge in [0.2, 0.25) is 0 Å². The van der Waals surface area contributed by atoms with Gasteiger partial charge in [0.25, 0.3) is 0 Å². The molecule has 0 saturated heterocycles. The zero-order valence-corrected chi connectivity index (χ0v) is 16.3. The average molecular weight is 360 g/mol. The number of carbonyl (C=O) groups excluding carboxylic acids is 1. The molecule has 3 saturated carbocycles. The molecule has 7 unspecified atom stereocenters. The average Bonchev–Trinajstić information content (AvgIpc) is 2.89. The van der Waals surface area contributed by atoms with E-state index in [1.165, 1.54) is 12.5 Å². The van der Waals surface area contributed by atoms with Crippen LogP contribution in [0.1, 0.15) is 72.1 Å². The van der Waals surface area contributed by atoms with E-state index in [0.717, 1.165) is 44.9 Å². The lowest BCUT2D eigenvalue weighted by molar-refractivity contribution is -0.168. The van der Waals surface area contributed by atoms with Gasteiger partial charge in [0, 0.05) is 0 Å². The van der Waals surface area contributed by atoms with Crippen LogP contribution in [0.2, 0.25) is 0 Å². The zero-order valence-electron chi connectivity index (χ0n) is 16.3. The molecule has 0 spiro atoms. The summed E-state index contributed by atoms with van der Waals surface area (Å²) in [5, 5.41) is 20.1. The SMILES string of the molecule is CC(=O)C1(C(=O)O)CCC2C3CC=C4CC(O)CCC4(C)C3CCC21C. The number of aliphatic hydroxyl groups is 1. The van der Waals surface area contributed by atoms with Gasteiger partial charge in [-0.25, -0.2) is 0 Å². The van der Waals surface area contributed by atoms with Gasteiger partial charge in [-0.2, -0.15) is 0 Å². The van der Waals surface area contributed by atoms with E-state index in [4.69, 9.17) is 0 Å². The third-order valence-electron chi connectivity index (χ3n) is 9.24. The molecule has 0 amide bonds. The van der Waals surface area contributed by atoms with Gasteiger partial charge in [0.1, 0.15) is 11.2 Å². The molecule has 0 radical (unpaired) electrons. The Labute approximate surface area is 156 Å². The number of carboxylic acid groups (broad SMARTS) is 1. The third kappa shape index (κ3) is 2.05. The molecule has 3 fully saturated rings. The van der Waals surface area contributed by atoms with Crippen LogP contribution in [-0.4, -0.2) is 28.1 Å². The molecule has 0 aromatic rings. The van der Waals surface area contributed by atoms with Crippen molar-refractivity contribution in [3.05, 3.63) is 11.6 Å². The van der Waals surface area contributed by atoms with Gasteiger partial charge in [0.15, 0.2) is 0 Å². The topological polar surface area (TPSA) is 74.6 Å². The summed E-state index contributed by atoms with van der Waals surface area (Å²) in [6.45, 7) is 5.94. The van der Waals surface area contributed by atoms with Gasteiger partial charge < -0.3 is 10.2 Å². The number of hydrogen-bond donors (Lipinski definition) is 2. The van der Waals surface area contributed by atoms with Crippen molar-refractivity contribution in [2.75, 3.05) is 0 Å². The van der Waals surface area contributed by atoms with Crippen LogP contribution < -0.4 is 0 Å². The maximum Gasteiger partial charge on any atom is 0.317 e. The predicted octanol–water partition coefficient (Wildman–Crippen LogP) is 3.97. The van der Waals surface area contributed by atoms with Crippen molar-refractivity contribution < 1.29 is 19.8 Å². The highest BCUT2D eigenvalue weighted by Gasteiger charge is 2.68. The van der Waals surface area contributed by atoms with Gasteiger partial charge in [-0.15, -0.1) is 0 Å². The Morgan fingerprint density at radius 3 is 2.42 bits per heavy atom. The summed E-state index contributed by atoms with van der Waals surface area (Å²) in [7, 11) is 0. The molecule has 4 nitrogen and oxygen atoms in total. The number of allylic oxidation sites excluding steroid dienone is 1. The first-order chi connectivity index (χ1) is 12.2. The molecular formula is C22H32O4. The highest BCUT2D eigenvalue weighted by Crippen LogP contribution is 2.69. The fourth-order valence-electron chi connectivity index (χ4n) is 7.76. The van der Waals surface area contributed by atoms with Crippen molar-refractivity contribution in [1.82, 2.24) is 0 Å². The van der Waals surface area contributed by atoms with Gasteiger partial charge in [-0.05, 0) is 86.9 Å². The number of rotatable bonds is 2. The number of hydrogen-bond acceptors (Lipinski definition) is 3. The summed E-state index contributed by atoms with van der Waals surface area (Å²) < 4.78 is 0. The summed E-state index contributed by atoms with van der Waals surface area (Å²) in [5.74, 6) is 0.269. The predicted molar refractivity (Wildman–Crippen MR) is 98.5 cm³/mol. The smallest absolute Gasteiger partial charge is 0.317 e. The minimum absolute atomic E-state index is 0.147. The molecule has 144 valence electrons. The van der Waals surface area contributed by atoms with Crippen LogP contribution in [0.25, 0.3) is 0 Å². The largest absolute Gasteiger partial charge is 0.480 e. The Kier molecular flexibility index (Phi) is 3.97. The molecule has 26 heavy (non-hydrogen) atoms. The number of ketones is 1. The normalized spacial score (nSPS) is 50.2. The Bertz CT molecular complexity index is 666. The van der Waals surface area contributed by atoms with Crippen molar-refractivity contribution in [1.29, 1.82) is 0 Å². The van der Waals surface area contributed by atoms with Crippen LogP contribution >= 0.6 is 0 Å². The van der Waals surface area contributed by atoms with E-state index >= 15 is 0 Å². The number of aliphatic carboxylic acids is 1. The Balaban J connectivity index is 1.72. The van der Waals surface area contributed by atoms with Gasteiger partial charge in [-0.1, -0.05) is 25.5 Å². The number of aliphatic hydroxyl groups excluding tert-OH is 1. The van der Waals surface area contributed by atoms with Crippen molar-refractivity contribution in [2.24, 2.45) is 34.0 Å². The maximum absolute atomic E-state index is 12.5. The first-order valence-electron chi connectivity index (χ1n) is 10.3. The standard InChI is InChI=1S/C22H32O4/c1-13(23)22(19(25)26)11-8-18-16-5-4-14-12-15(24)6-9-20(14,2)17(16)7-10-21(18,22)3/h4,15-18,24H,5-12H2,1-3H3,(H,25,26). The first kappa shape index (κ1) is 18.2. The summed E-state index contributed by atoms with van der Waals surface area (Å²) in [6, 6.07) is 0. The molecule has 4 aliphatic carbocycles. The van der Waals surface area contributed by atoms with E-state index in [9.17, 15) is 19.8 Å². The van der Waals surface area contributed by atoms with E-state index in [1.54, 1.807) is 0 Å². The van der Waals surface area contributed by atoms with Crippen LogP contribution in [0.3, 0.4) is 0 Å². The fourth-order valence-corrected chi connectivity index (χ4v) is 7.76. The van der Waals surface area contributed by atoms with Crippen LogP contribution in [0.4, 0.5) is 0 Å². The quantitative estimate of drug-likeness (QED) is 0.577. The molecule has 4 heteroatoms. The lowest BCUT2D eigenvalue weighted by atomic mass is 9.45. The molecule has 4 rings (SSSR count). The van der Waals surface area contributed by atoms with E-state index in [2.05, 4.69) is 19.9 Å². The summed E-state index contributed by atoms with van der Waals surface area (Å²) in [6.07, 6.45) is 9.00. The van der Waals surface area contributed by atoms with Gasteiger partial charge in [-0.3, -0.25) is 9.59 Å². The highest BCUT2D eigenvalue weighted by molar-refractivity contribution is 6.03. The van der Waals surface area contributed by atoms with Crippen LogP contribution in [-0.2, 0) is 9.59 Å². The first-order valence-corrected chi connectivity index (χ1v) is 10.3. The molecule has 2 N–H and O–H groups in total. The Hall–Kier alpha value is -1.16. The second-order valence-electron chi connectivity index (χ2n) is 9.92. The Morgan fingerprint density at radius 2 is 1.77 bits per heavy atom. The molecule has 0 aromatic heterocycles. The monoisotopic (exact) mass is 360 g/mol. The van der Waals surface area contributed by atoms with Gasteiger partial charge >= 0.3 is 5.97 Å². The Morgan fingerprint density at radius 1 is 1.08 bits per heavy atom. The minimum atomic E-state index is -1.20. The summed E-state index contributed by atoms with van der Waals surface area (Å²) in [4.78, 5) is 24.8. The fraction of sp³-hybridized carbons (Fsp3) is 0.818. The third-order valence-corrected chi connectivity index (χ3v) is 9.24. The lowest BCUT2D eigenvalue weighted by Crippen LogP contribution is -2.56. The van der Waals surface area contributed by atoms with E-state index in [0.29, 0.717) is 24.2 Å².